The van der Waals surface area contributed by atoms with E-state index in [0.29, 0.717) is 0 Å². The molecule has 1 saturated heterocycles. The van der Waals surface area contributed by atoms with Crippen molar-refractivity contribution in [3.8, 4) is 0 Å². The van der Waals surface area contributed by atoms with E-state index in [1.165, 1.54) is 44.9 Å². The Bertz CT molecular complexity index is 182. The summed E-state index contributed by atoms with van der Waals surface area (Å²) in [4.78, 5) is 9.26. The van der Waals surface area contributed by atoms with Crippen molar-refractivity contribution < 1.29 is 0 Å². The van der Waals surface area contributed by atoms with Gasteiger partial charge in [-0.3, -0.25) is 4.99 Å². The van der Waals surface area contributed by atoms with Crippen LogP contribution in [0.2, 0.25) is 0 Å². The van der Waals surface area contributed by atoms with E-state index < -0.39 is 0 Å². The molecule has 0 atom stereocenters. The third-order valence-electron chi connectivity index (χ3n) is 2.64. The number of hydrogen-bond acceptors (Lipinski definition) is 3. The largest absolute Gasteiger partial charge is 0.346 e. The van der Waals surface area contributed by atoms with E-state index in [-0.39, 0.29) is 0 Å². The lowest BCUT2D eigenvalue weighted by Crippen LogP contribution is -2.43. The van der Waals surface area contributed by atoms with Gasteiger partial charge in [0, 0.05) is 33.2 Å². The van der Waals surface area contributed by atoms with Crippen molar-refractivity contribution in [3.63, 3.8) is 0 Å². The van der Waals surface area contributed by atoms with Crippen LogP contribution in [0.1, 0.15) is 19.3 Å². The van der Waals surface area contributed by atoms with Crippen LogP contribution >= 0.6 is 0 Å². The van der Waals surface area contributed by atoms with Gasteiger partial charge in [0.2, 0.25) is 0 Å². The maximum Gasteiger partial charge on any atom is 0.196 e. The molecule has 2 aliphatic heterocycles. The Kier molecular flexibility index (Phi) is 2.19. The summed E-state index contributed by atoms with van der Waals surface area (Å²) in [5.74, 6) is 1.23. The van der Waals surface area contributed by atoms with Crippen molar-refractivity contribution in [2.45, 2.75) is 19.3 Å². The Hall–Kier alpha value is -0.730. The highest BCUT2D eigenvalue weighted by Gasteiger charge is 2.20. The van der Waals surface area contributed by atoms with Gasteiger partial charge in [-0.05, 0) is 19.3 Å². The molecule has 0 radical (unpaired) electrons. The first kappa shape index (κ1) is 7.90. The normalized spacial score (nSPS) is 24.6. The highest BCUT2D eigenvalue weighted by molar-refractivity contribution is 5.80. The number of likely N-dealkylation sites (tertiary alicyclic amines) is 1. The first-order valence-electron chi connectivity index (χ1n) is 4.88. The van der Waals surface area contributed by atoms with Gasteiger partial charge in [0.15, 0.2) is 5.96 Å². The number of nitrogens with zero attached hydrogens (tertiary/aromatic N) is 3. The maximum absolute atomic E-state index is 4.56. The predicted octanol–water partition coefficient (Wildman–Crippen LogP) is 0.774. The van der Waals surface area contributed by atoms with Crippen molar-refractivity contribution >= 4 is 5.96 Å². The second-order valence-electron chi connectivity index (χ2n) is 3.65. The molecule has 0 aliphatic carbocycles. The average molecular weight is 167 g/mol. The fourth-order valence-corrected chi connectivity index (χ4v) is 1.97. The topological polar surface area (TPSA) is 18.8 Å². The van der Waals surface area contributed by atoms with E-state index in [0.717, 1.165) is 6.54 Å². The Labute approximate surface area is 74.1 Å². The second kappa shape index (κ2) is 3.33. The van der Waals surface area contributed by atoms with Crippen LogP contribution in [0.4, 0.5) is 0 Å². The number of guanidine groups is 1. The lowest BCUT2D eigenvalue weighted by molar-refractivity contribution is 0.368. The summed E-state index contributed by atoms with van der Waals surface area (Å²) in [6.07, 6.45) is 3.90. The minimum absolute atomic E-state index is 1.02. The summed E-state index contributed by atoms with van der Waals surface area (Å²) in [6, 6.07) is 0. The fraction of sp³-hybridized carbons (Fsp3) is 0.889. The van der Waals surface area contributed by atoms with Crippen molar-refractivity contribution in [1.29, 1.82) is 0 Å². The zero-order valence-corrected chi connectivity index (χ0v) is 7.79. The number of rotatable bonds is 0. The fourth-order valence-electron chi connectivity index (χ4n) is 1.97. The third kappa shape index (κ3) is 1.40. The Morgan fingerprint density at radius 3 is 2.50 bits per heavy atom. The zero-order valence-electron chi connectivity index (χ0n) is 7.79. The lowest BCUT2D eigenvalue weighted by Gasteiger charge is -2.31. The van der Waals surface area contributed by atoms with Gasteiger partial charge in [-0.25, -0.2) is 0 Å². The van der Waals surface area contributed by atoms with E-state index in [1.54, 1.807) is 0 Å². The number of aliphatic imine (C=N–C) groups is 1. The summed E-state index contributed by atoms with van der Waals surface area (Å²) >= 11 is 0. The first-order chi connectivity index (χ1) is 5.88. The Balaban J connectivity index is 2.04. The van der Waals surface area contributed by atoms with Gasteiger partial charge in [-0.2, -0.15) is 0 Å². The maximum atomic E-state index is 4.56. The minimum Gasteiger partial charge on any atom is -0.346 e. The van der Waals surface area contributed by atoms with Crippen LogP contribution in [0, 0.1) is 0 Å². The third-order valence-corrected chi connectivity index (χ3v) is 2.64. The van der Waals surface area contributed by atoms with Gasteiger partial charge < -0.3 is 9.80 Å². The molecule has 0 aromatic heterocycles. The van der Waals surface area contributed by atoms with Crippen molar-refractivity contribution in [2.24, 2.45) is 4.99 Å². The smallest absolute Gasteiger partial charge is 0.196 e. The predicted molar refractivity (Wildman–Crippen MR) is 50.4 cm³/mol. The Morgan fingerprint density at radius 2 is 1.83 bits per heavy atom. The van der Waals surface area contributed by atoms with Crippen molar-refractivity contribution in [1.82, 2.24) is 9.80 Å². The van der Waals surface area contributed by atoms with Gasteiger partial charge in [0.25, 0.3) is 0 Å². The molecule has 0 aromatic carbocycles. The van der Waals surface area contributed by atoms with Crippen molar-refractivity contribution in [2.75, 3.05) is 33.2 Å². The molecular formula is C9H17N3. The van der Waals surface area contributed by atoms with Gasteiger partial charge in [-0.15, -0.1) is 0 Å². The SMILES string of the molecule is CN1CCCN=C1N1CCCC1. The molecule has 0 saturated carbocycles. The Morgan fingerprint density at radius 1 is 1.08 bits per heavy atom. The van der Waals surface area contributed by atoms with Crippen LogP contribution in [-0.2, 0) is 0 Å². The monoisotopic (exact) mass is 167 g/mol. The van der Waals surface area contributed by atoms with Crippen LogP contribution in [0.15, 0.2) is 4.99 Å². The summed E-state index contributed by atoms with van der Waals surface area (Å²) < 4.78 is 0. The molecule has 0 N–H and O–H groups in total. The molecule has 1 fully saturated rings. The van der Waals surface area contributed by atoms with E-state index in [9.17, 15) is 0 Å². The van der Waals surface area contributed by atoms with Gasteiger partial charge in [0.1, 0.15) is 0 Å². The van der Waals surface area contributed by atoms with Crippen LogP contribution < -0.4 is 0 Å². The summed E-state index contributed by atoms with van der Waals surface area (Å²) in [6.45, 7) is 4.62. The molecule has 3 heteroatoms. The highest BCUT2D eigenvalue weighted by atomic mass is 15.4. The average Bonchev–Trinajstić information content (AvgIpc) is 2.57. The van der Waals surface area contributed by atoms with E-state index in [2.05, 4.69) is 21.8 Å². The molecule has 0 unspecified atom stereocenters. The molecule has 12 heavy (non-hydrogen) atoms. The van der Waals surface area contributed by atoms with E-state index in [1.807, 2.05) is 0 Å². The van der Waals surface area contributed by atoms with E-state index >= 15 is 0 Å². The highest BCUT2D eigenvalue weighted by Crippen LogP contribution is 2.12. The molecule has 0 bridgehead atoms. The van der Waals surface area contributed by atoms with Crippen LogP contribution in [0.5, 0.6) is 0 Å². The molecule has 2 aliphatic rings. The molecule has 0 aromatic rings. The standard InChI is InChI=1S/C9H17N3/c1-11-6-4-5-10-9(11)12-7-2-3-8-12/h2-8H2,1H3. The summed E-state index contributed by atoms with van der Waals surface area (Å²) in [5.41, 5.74) is 0. The molecule has 0 amide bonds. The van der Waals surface area contributed by atoms with Crippen molar-refractivity contribution in [3.05, 3.63) is 0 Å². The lowest BCUT2D eigenvalue weighted by atomic mass is 10.3. The van der Waals surface area contributed by atoms with Gasteiger partial charge in [0.05, 0.1) is 0 Å². The van der Waals surface area contributed by atoms with Crippen LogP contribution in [0.3, 0.4) is 0 Å². The van der Waals surface area contributed by atoms with E-state index in [4.69, 9.17) is 0 Å². The molecule has 3 nitrogen and oxygen atoms in total. The molecule has 68 valence electrons. The minimum atomic E-state index is 1.02. The van der Waals surface area contributed by atoms with Crippen LogP contribution in [0.25, 0.3) is 0 Å². The summed E-state index contributed by atoms with van der Waals surface area (Å²) in [7, 11) is 2.15. The van der Waals surface area contributed by atoms with Gasteiger partial charge in [-0.1, -0.05) is 0 Å². The second-order valence-corrected chi connectivity index (χ2v) is 3.65. The molecule has 2 heterocycles. The molecule has 2 rings (SSSR count). The summed E-state index contributed by atoms with van der Waals surface area (Å²) in [5, 5.41) is 0. The zero-order chi connectivity index (χ0) is 8.39. The van der Waals surface area contributed by atoms with Gasteiger partial charge >= 0.3 is 0 Å². The number of hydrogen-bond donors (Lipinski definition) is 0. The molecular weight excluding hydrogens is 150 g/mol. The first-order valence-corrected chi connectivity index (χ1v) is 4.88. The van der Waals surface area contributed by atoms with Crippen LogP contribution in [-0.4, -0.2) is 49.0 Å². The molecule has 0 spiro atoms. The quantitative estimate of drug-likeness (QED) is 0.531.